The van der Waals surface area contributed by atoms with Crippen LogP contribution in [0.1, 0.15) is 17.3 Å². The molecule has 0 saturated heterocycles. The molecule has 7 nitrogen and oxygen atoms in total. The number of nitrogens with one attached hydrogen (secondary N) is 2. The molecule has 1 aliphatic heterocycles. The molecule has 3 rings (SSSR count). The summed E-state index contributed by atoms with van der Waals surface area (Å²) in [5, 5.41) is 5.72. The van der Waals surface area contributed by atoms with Crippen LogP contribution in [0.15, 0.2) is 42.5 Å². The molecule has 0 bridgehead atoms. The van der Waals surface area contributed by atoms with E-state index in [0.717, 1.165) is 0 Å². The molecule has 1 heterocycles. The molecular weight excluding hydrogens is 324 g/mol. The van der Waals surface area contributed by atoms with Gasteiger partial charge in [-0.3, -0.25) is 4.79 Å². The number of anilines is 2. The van der Waals surface area contributed by atoms with Crippen molar-refractivity contribution in [2.24, 2.45) is 0 Å². The van der Waals surface area contributed by atoms with Crippen LogP contribution < -0.4 is 20.1 Å². The van der Waals surface area contributed by atoms with Crippen molar-refractivity contribution in [3.8, 4) is 11.5 Å². The van der Waals surface area contributed by atoms with E-state index in [1.807, 2.05) is 0 Å². The van der Waals surface area contributed by atoms with E-state index in [2.05, 4.69) is 10.6 Å². The summed E-state index contributed by atoms with van der Waals surface area (Å²) >= 11 is 0. The fraction of sp³-hybridized carbons (Fsp3) is 0.222. The van der Waals surface area contributed by atoms with Crippen LogP contribution in [0.4, 0.5) is 11.4 Å². The third kappa shape index (κ3) is 4.00. The number of carbonyl (C=O) groups is 2. The van der Waals surface area contributed by atoms with Crippen molar-refractivity contribution in [3.05, 3.63) is 48.0 Å². The van der Waals surface area contributed by atoms with Crippen molar-refractivity contribution in [1.82, 2.24) is 0 Å². The monoisotopic (exact) mass is 342 g/mol. The number of carbonyl (C=O) groups excluding carboxylic acids is 2. The van der Waals surface area contributed by atoms with E-state index in [4.69, 9.17) is 14.2 Å². The van der Waals surface area contributed by atoms with Gasteiger partial charge in [-0.2, -0.15) is 0 Å². The Hall–Kier alpha value is -3.22. The zero-order valence-corrected chi connectivity index (χ0v) is 13.7. The van der Waals surface area contributed by atoms with Gasteiger partial charge in [-0.1, -0.05) is 12.1 Å². The second-order valence-electron chi connectivity index (χ2n) is 5.24. The van der Waals surface area contributed by atoms with Gasteiger partial charge in [0.15, 0.2) is 11.5 Å². The summed E-state index contributed by atoms with van der Waals surface area (Å²) in [7, 11) is 0. The van der Waals surface area contributed by atoms with E-state index in [0.29, 0.717) is 28.4 Å². The standard InChI is InChI=1S/C18H18N2O5/c1-2-23-18(22)13-5-3-4-6-14(13)19-10-17(21)20-12-7-8-15-16(9-12)25-11-24-15/h3-9,19H,2,10-11H2,1H3,(H,20,21). The number of hydrogen-bond acceptors (Lipinski definition) is 6. The average Bonchev–Trinajstić information content (AvgIpc) is 3.08. The summed E-state index contributed by atoms with van der Waals surface area (Å²) < 4.78 is 15.5. The van der Waals surface area contributed by atoms with Gasteiger partial charge in [-0.15, -0.1) is 0 Å². The molecule has 0 atom stereocenters. The Kier molecular flexibility index (Phi) is 5.03. The van der Waals surface area contributed by atoms with E-state index in [9.17, 15) is 9.59 Å². The Morgan fingerprint density at radius 3 is 2.76 bits per heavy atom. The lowest BCUT2D eigenvalue weighted by molar-refractivity contribution is -0.114. The average molecular weight is 342 g/mol. The number of rotatable bonds is 6. The van der Waals surface area contributed by atoms with Crippen LogP contribution in [0, 0.1) is 0 Å². The summed E-state index contributed by atoms with van der Waals surface area (Å²) in [6, 6.07) is 12.1. The van der Waals surface area contributed by atoms with E-state index in [-0.39, 0.29) is 25.9 Å². The fourth-order valence-corrected chi connectivity index (χ4v) is 2.38. The summed E-state index contributed by atoms with van der Waals surface area (Å²) in [5.74, 6) is 0.567. The first-order valence-corrected chi connectivity index (χ1v) is 7.87. The summed E-state index contributed by atoms with van der Waals surface area (Å²) in [5.41, 5.74) is 1.54. The normalized spacial score (nSPS) is 11.7. The summed E-state index contributed by atoms with van der Waals surface area (Å²) in [6.07, 6.45) is 0. The number of amides is 1. The lowest BCUT2D eigenvalue weighted by atomic mass is 10.2. The second-order valence-corrected chi connectivity index (χ2v) is 5.24. The molecular formula is C18H18N2O5. The molecule has 0 fully saturated rings. The maximum Gasteiger partial charge on any atom is 0.340 e. The van der Waals surface area contributed by atoms with Crippen LogP contribution in [0.5, 0.6) is 11.5 Å². The van der Waals surface area contributed by atoms with Crippen LogP contribution in [0.2, 0.25) is 0 Å². The molecule has 1 amide bonds. The quantitative estimate of drug-likeness (QED) is 0.785. The first-order valence-electron chi connectivity index (χ1n) is 7.87. The number of fused-ring (bicyclic) bond motifs is 1. The van der Waals surface area contributed by atoms with Crippen LogP contribution in [0.3, 0.4) is 0 Å². The Bertz CT molecular complexity index is 791. The van der Waals surface area contributed by atoms with Crippen molar-refractivity contribution < 1.29 is 23.8 Å². The molecule has 2 N–H and O–H groups in total. The Morgan fingerprint density at radius 2 is 1.92 bits per heavy atom. The number of hydrogen-bond donors (Lipinski definition) is 2. The van der Waals surface area contributed by atoms with Crippen LogP contribution in [-0.2, 0) is 9.53 Å². The van der Waals surface area contributed by atoms with Crippen molar-refractivity contribution in [3.63, 3.8) is 0 Å². The molecule has 0 unspecified atom stereocenters. The van der Waals surface area contributed by atoms with Gasteiger partial charge >= 0.3 is 5.97 Å². The highest BCUT2D eigenvalue weighted by atomic mass is 16.7. The third-order valence-corrected chi connectivity index (χ3v) is 3.52. The SMILES string of the molecule is CCOC(=O)c1ccccc1NCC(=O)Nc1ccc2c(c1)OCO2. The molecule has 25 heavy (non-hydrogen) atoms. The van der Waals surface area contributed by atoms with E-state index in [1.54, 1.807) is 49.4 Å². The minimum atomic E-state index is -0.429. The second kappa shape index (κ2) is 7.57. The number of ether oxygens (including phenoxy) is 3. The molecule has 2 aromatic carbocycles. The number of esters is 1. The lowest BCUT2D eigenvalue weighted by Crippen LogP contribution is -2.22. The lowest BCUT2D eigenvalue weighted by Gasteiger charge is -2.11. The fourth-order valence-electron chi connectivity index (χ4n) is 2.38. The highest BCUT2D eigenvalue weighted by Gasteiger charge is 2.15. The largest absolute Gasteiger partial charge is 0.462 e. The molecule has 130 valence electrons. The maximum absolute atomic E-state index is 12.1. The van der Waals surface area contributed by atoms with E-state index >= 15 is 0 Å². The van der Waals surface area contributed by atoms with Crippen molar-refractivity contribution in [2.75, 3.05) is 30.6 Å². The van der Waals surface area contributed by atoms with Crippen LogP contribution in [-0.4, -0.2) is 31.8 Å². The van der Waals surface area contributed by atoms with Crippen molar-refractivity contribution in [1.29, 1.82) is 0 Å². The highest BCUT2D eigenvalue weighted by Crippen LogP contribution is 2.34. The van der Waals surface area contributed by atoms with Crippen molar-refractivity contribution in [2.45, 2.75) is 6.92 Å². The van der Waals surface area contributed by atoms with Gasteiger partial charge in [-0.25, -0.2) is 4.79 Å². The molecule has 2 aromatic rings. The molecule has 0 aliphatic carbocycles. The zero-order valence-electron chi connectivity index (χ0n) is 13.7. The summed E-state index contributed by atoms with van der Waals surface area (Å²) in [4.78, 5) is 24.1. The van der Waals surface area contributed by atoms with Gasteiger partial charge in [0.1, 0.15) is 0 Å². The first-order chi connectivity index (χ1) is 12.2. The van der Waals surface area contributed by atoms with Gasteiger partial charge in [-0.05, 0) is 31.2 Å². The molecule has 0 aromatic heterocycles. The first kappa shape index (κ1) is 16.6. The maximum atomic E-state index is 12.1. The topological polar surface area (TPSA) is 85.9 Å². The predicted octanol–water partition coefficient (Wildman–Crippen LogP) is 2.64. The highest BCUT2D eigenvalue weighted by molar-refractivity contribution is 5.98. The third-order valence-electron chi connectivity index (χ3n) is 3.52. The predicted molar refractivity (Wildman–Crippen MR) is 92.1 cm³/mol. The molecule has 1 aliphatic rings. The van der Waals surface area contributed by atoms with Gasteiger partial charge in [0.05, 0.1) is 18.7 Å². The molecule has 0 radical (unpaired) electrons. The molecule has 0 spiro atoms. The molecule has 7 heteroatoms. The molecule has 0 saturated carbocycles. The Morgan fingerprint density at radius 1 is 1.12 bits per heavy atom. The number of benzene rings is 2. The van der Waals surface area contributed by atoms with Crippen LogP contribution in [0.25, 0.3) is 0 Å². The van der Waals surface area contributed by atoms with Gasteiger partial charge in [0.25, 0.3) is 0 Å². The van der Waals surface area contributed by atoms with Crippen LogP contribution >= 0.6 is 0 Å². The van der Waals surface area contributed by atoms with Crippen molar-refractivity contribution >= 4 is 23.3 Å². The summed E-state index contributed by atoms with van der Waals surface area (Å²) in [6.45, 7) is 2.22. The van der Waals surface area contributed by atoms with E-state index < -0.39 is 5.97 Å². The minimum absolute atomic E-state index is 0.00482. The smallest absolute Gasteiger partial charge is 0.340 e. The van der Waals surface area contributed by atoms with Gasteiger partial charge in [0.2, 0.25) is 12.7 Å². The van der Waals surface area contributed by atoms with E-state index in [1.165, 1.54) is 0 Å². The van der Waals surface area contributed by atoms with Gasteiger partial charge in [0, 0.05) is 17.4 Å². The Balaban J connectivity index is 1.60. The minimum Gasteiger partial charge on any atom is -0.462 e. The Labute approximate surface area is 144 Å². The number of para-hydroxylation sites is 1. The van der Waals surface area contributed by atoms with Gasteiger partial charge < -0.3 is 24.8 Å². The zero-order chi connectivity index (χ0) is 17.6.